The summed E-state index contributed by atoms with van der Waals surface area (Å²) in [5, 5.41) is 41.9. The summed E-state index contributed by atoms with van der Waals surface area (Å²) >= 11 is 0. The van der Waals surface area contributed by atoms with Gasteiger partial charge in [-0.05, 0) is 80.5 Å². The minimum absolute atomic E-state index is 0.0323. The van der Waals surface area contributed by atoms with Crippen LogP contribution in [-0.2, 0) is 4.79 Å². The molecule has 0 amide bonds. The van der Waals surface area contributed by atoms with Crippen LogP contribution in [0.1, 0.15) is 65.2 Å². The highest BCUT2D eigenvalue weighted by molar-refractivity contribution is 5.89. The highest BCUT2D eigenvalue weighted by Crippen LogP contribution is 2.68. The van der Waals surface area contributed by atoms with Gasteiger partial charge < -0.3 is 20.4 Å². The van der Waals surface area contributed by atoms with Crippen LogP contribution in [0.3, 0.4) is 0 Å². The van der Waals surface area contributed by atoms with Gasteiger partial charge in [0.1, 0.15) is 12.2 Å². The second-order valence-electron chi connectivity index (χ2n) is 10.2. The minimum atomic E-state index is -1.52. The predicted octanol–water partition coefficient (Wildman–Crippen LogP) is 1.65. The van der Waals surface area contributed by atoms with Crippen molar-refractivity contribution in [2.24, 2.45) is 34.5 Å². The zero-order chi connectivity index (χ0) is 18.9. The molecular weight excluding hydrogens is 332 g/mol. The van der Waals surface area contributed by atoms with Gasteiger partial charge in [-0.15, -0.1) is 0 Å². The van der Waals surface area contributed by atoms with Crippen molar-refractivity contribution in [2.45, 2.75) is 83.0 Å². The van der Waals surface area contributed by atoms with E-state index in [1.54, 1.807) is 0 Å². The van der Waals surface area contributed by atoms with E-state index in [9.17, 15) is 25.2 Å². The van der Waals surface area contributed by atoms with E-state index in [1.165, 1.54) is 0 Å². The summed E-state index contributed by atoms with van der Waals surface area (Å²) in [4.78, 5) is 12.4. The minimum Gasteiger partial charge on any atom is -0.393 e. The van der Waals surface area contributed by atoms with Gasteiger partial charge in [0.15, 0.2) is 5.78 Å². The lowest BCUT2D eigenvalue weighted by Crippen LogP contribution is -2.63. The average Bonchev–Trinajstić information content (AvgIpc) is 2.86. The second kappa shape index (κ2) is 6.00. The molecule has 0 radical (unpaired) electrons. The molecule has 4 fully saturated rings. The van der Waals surface area contributed by atoms with Crippen LogP contribution in [0.25, 0.3) is 0 Å². The van der Waals surface area contributed by atoms with Crippen molar-refractivity contribution in [2.75, 3.05) is 6.61 Å². The van der Waals surface area contributed by atoms with Crippen LogP contribution in [0.5, 0.6) is 0 Å². The van der Waals surface area contributed by atoms with Gasteiger partial charge in [-0.3, -0.25) is 4.79 Å². The molecule has 5 nitrogen and oxygen atoms in total. The van der Waals surface area contributed by atoms with Crippen molar-refractivity contribution in [3.63, 3.8) is 0 Å². The summed E-state index contributed by atoms with van der Waals surface area (Å²) in [5.41, 5.74) is -2.14. The number of hydrogen-bond donors (Lipinski definition) is 4. The zero-order valence-corrected chi connectivity index (χ0v) is 16.0. The number of hydrogen-bond acceptors (Lipinski definition) is 5. The van der Waals surface area contributed by atoms with Gasteiger partial charge in [-0.25, -0.2) is 0 Å². The van der Waals surface area contributed by atoms with Gasteiger partial charge in [0.25, 0.3) is 0 Å². The number of carbonyl (C=O) groups is 1. The lowest BCUT2D eigenvalue weighted by molar-refractivity contribution is -0.202. The molecule has 4 rings (SSSR count). The molecule has 4 saturated carbocycles. The summed E-state index contributed by atoms with van der Waals surface area (Å²) in [6, 6.07) is 0. The van der Waals surface area contributed by atoms with Crippen LogP contribution in [-0.4, -0.2) is 50.6 Å². The van der Waals surface area contributed by atoms with Crippen molar-refractivity contribution in [3.05, 3.63) is 0 Å². The largest absolute Gasteiger partial charge is 0.393 e. The van der Waals surface area contributed by atoms with E-state index in [4.69, 9.17) is 0 Å². The first-order valence-electron chi connectivity index (χ1n) is 10.4. The molecule has 0 saturated heterocycles. The Balaban J connectivity index is 1.69. The van der Waals surface area contributed by atoms with Crippen molar-refractivity contribution in [1.82, 2.24) is 0 Å². The molecule has 0 heterocycles. The first-order valence-corrected chi connectivity index (χ1v) is 10.4. The van der Waals surface area contributed by atoms with Crippen LogP contribution >= 0.6 is 0 Å². The van der Waals surface area contributed by atoms with Gasteiger partial charge >= 0.3 is 0 Å². The van der Waals surface area contributed by atoms with E-state index < -0.39 is 29.5 Å². The summed E-state index contributed by atoms with van der Waals surface area (Å²) in [5.74, 6) is 0.653. The fourth-order valence-electron chi connectivity index (χ4n) is 7.95. The summed E-state index contributed by atoms with van der Waals surface area (Å²) in [7, 11) is 0. The van der Waals surface area contributed by atoms with E-state index >= 15 is 0 Å². The van der Waals surface area contributed by atoms with E-state index in [0.717, 1.165) is 38.5 Å². The van der Waals surface area contributed by atoms with Crippen molar-refractivity contribution >= 4 is 5.78 Å². The summed E-state index contributed by atoms with van der Waals surface area (Å²) in [6.45, 7) is 3.61. The Labute approximate surface area is 155 Å². The highest BCUT2D eigenvalue weighted by Gasteiger charge is 2.68. The number of carbonyl (C=O) groups excluding carboxylic acids is 1. The van der Waals surface area contributed by atoms with Crippen LogP contribution in [0, 0.1) is 34.5 Å². The van der Waals surface area contributed by atoms with E-state index in [1.807, 2.05) is 6.92 Å². The van der Waals surface area contributed by atoms with Crippen LogP contribution in [0.15, 0.2) is 0 Å². The van der Waals surface area contributed by atoms with Crippen LogP contribution < -0.4 is 0 Å². The van der Waals surface area contributed by atoms with Gasteiger partial charge in [-0.2, -0.15) is 0 Å². The Morgan fingerprint density at radius 2 is 1.81 bits per heavy atom. The number of fused-ring (bicyclic) bond motifs is 5. The first kappa shape index (κ1) is 18.9. The molecule has 0 aromatic carbocycles. The molecule has 0 spiro atoms. The van der Waals surface area contributed by atoms with E-state index in [0.29, 0.717) is 24.7 Å². The van der Waals surface area contributed by atoms with E-state index in [-0.39, 0.29) is 23.4 Å². The Bertz CT molecular complexity index is 593. The lowest BCUT2D eigenvalue weighted by atomic mass is 9.43. The third-order valence-electron chi connectivity index (χ3n) is 9.33. The molecular formula is C21H34O5. The molecule has 0 aromatic heterocycles. The Hall–Kier alpha value is -0.490. The molecule has 5 heteroatoms. The number of aliphatic hydroxyl groups is 4. The third-order valence-corrected chi connectivity index (χ3v) is 9.33. The number of rotatable bonds is 2. The Morgan fingerprint density at radius 3 is 2.50 bits per heavy atom. The molecule has 9 atom stereocenters. The normalized spacial score (nSPS) is 56.4. The van der Waals surface area contributed by atoms with Crippen molar-refractivity contribution in [1.29, 1.82) is 0 Å². The summed E-state index contributed by atoms with van der Waals surface area (Å²) < 4.78 is 0. The topological polar surface area (TPSA) is 98.0 Å². The predicted molar refractivity (Wildman–Crippen MR) is 96.2 cm³/mol. The highest BCUT2D eigenvalue weighted by atomic mass is 16.3. The van der Waals surface area contributed by atoms with Crippen LogP contribution in [0.2, 0.25) is 0 Å². The van der Waals surface area contributed by atoms with Gasteiger partial charge in [0.2, 0.25) is 0 Å². The van der Waals surface area contributed by atoms with Crippen LogP contribution in [0.4, 0.5) is 0 Å². The number of Topliss-reactive ketones (excluding diaryl/α,β-unsaturated/α-hetero) is 1. The lowest BCUT2D eigenvalue weighted by Gasteiger charge is -2.62. The molecule has 0 aliphatic heterocycles. The molecule has 4 aliphatic rings. The third kappa shape index (κ3) is 2.27. The molecule has 4 unspecified atom stereocenters. The summed E-state index contributed by atoms with van der Waals surface area (Å²) in [6.07, 6.45) is 5.48. The van der Waals surface area contributed by atoms with E-state index in [2.05, 4.69) is 6.92 Å². The molecule has 148 valence electrons. The van der Waals surface area contributed by atoms with Gasteiger partial charge in [-0.1, -0.05) is 13.8 Å². The van der Waals surface area contributed by atoms with Gasteiger partial charge in [0.05, 0.1) is 12.2 Å². The maximum absolute atomic E-state index is 12.4. The second-order valence-corrected chi connectivity index (χ2v) is 10.2. The fourth-order valence-corrected chi connectivity index (χ4v) is 7.95. The average molecular weight is 366 g/mol. The zero-order valence-electron chi connectivity index (χ0n) is 16.0. The maximum Gasteiger partial charge on any atom is 0.190 e. The Kier molecular flexibility index (Phi) is 4.35. The SMILES string of the molecule is C[C@]12CC(O)C3C(CC[C@H]4C[C@H](O)CC[C@]34C)C1CC[C@]2(O)C(=O)CO. The Morgan fingerprint density at radius 1 is 1.08 bits per heavy atom. The molecule has 26 heavy (non-hydrogen) atoms. The molecule has 4 aliphatic carbocycles. The first-order chi connectivity index (χ1) is 12.2. The molecule has 4 N–H and O–H groups in total. The van der Waals surface area contributed by atoms with Gasteiger partial charge in [0, 0.05) is 5.41 Å². The van der Waals surface area contributed by atoms with Crippen molar-refractivity contribution < 1.29 is 25.2 Å². The smallest absolute Gasteiger partial charge is 0.190 e. The van der Waals surface area contributed by atoms with Crippen molar-refractivity contribution in [3.8, 4) is 0 Å². The maximum atomic E-state index is 12.4. The fraction of sp³-hybridized carbons (Fsp3) is 0.952. The number of ketones is 1. The standard InChI is InChI=1S/C21H34O5/c1-19-7-5-13(23)9-12(19)3-4-14-15-6-8-21(26,17(25)11-22)20(15,2)10-16(24)18(14)19/h12-16,18,22-24,26H,3-11H2,1-2H3/t12-,13+,14?,15?,16?,18?,19-,20-,21-/m0/s1. The molecule has 0 bridgehead atoms. The number of aliphatic hydroxyl groups excluding tert-OH is 3. The quantitative estimate of drug-likeness (QED) is 0.596. The monoisotopic (exact) mass is 366 g/mol. The molecule has 0 aromatic rings.